The average molecular weight is 560 g/mol. The quantitative estimate of drug-likeness (QED) is 0.429. The van der Waals surface area contributed by atoms with Gasteiger partial charge in [-0.1, -0.05) is 85.1 Å². The number of carbonyl (C=O) groups is 3. The van der Waals surface area contributed by atoms with Crippen LogP contribution in [-0.2, 0) is 32.6 Å². The van der Waals surface area contributed by atoms with Crippen LogP contribution in [0.5, 0.6) is 0 Å². The van der Waals surface area contributed by atoms with Crippen molar-refractivity contribution in [1.82, 2.24) is 14.5 Å². The standard InChI is InChI=1S/C31H33N3O5S/c1-22-10-9-13-24(18-22)20-33(29(35)21-34-31(37)26-16-7-8-17-28(26)40(34,38)39)27(19-23-11-3-2-4-12-23)30(36)32-25-14-5-6-15-25/h2-4,7-13,16-18,25,27H,5-6,14-15,19-21H2,1H3,(H,32,36). The second kappa shape index (κ2) is 11.6. The van der Waals surface area contributed by atoms with Gasteiger partial charge >= 0.3 is 0 Å². The summed E-state index contributed by atoms with van der Waals surface area (Å²) in [6.07, 6.45) is 4.09. The lowest BCUT2D eigenvalue weighted by Gasteiger charge is -2.33. The molecule has 2 aliphatic rings. The van der Waals surface area contributed by atoms with Gasteiger partial charge in [0.2, 0.25) is 11.8 Å². The van der Waals surface area contributed by atoms with Crippen molar-refractivity contribution in [3.05, 3.63) is 101 Å². The zero-order valence-electron chi connectivity index (χ0n) is 22.5. The third-order valence-electron chi connectivity index (χ3n) is 7.60. The molecule has 8 nitrogen and oxygen atoms in total. The molecule has 40 heavy (non-hydrogen) atoms. The van der Waals surface area contributed by atoms with Crippen LogP contribution in [0, 0.1) is 6.92 Å². The van der Waals surface area contributed by atoms with E-state index in [9.17, 15) is 22.8 Å². The van der Waals surface area contributed by atoms with E-state index in [1.54, 1.807) is 12.1 Å². The van der Waals surface area contributed by atoms with Crippen LogP contribution in [0.25, 0.3) is 0 Å². The minimum absolute atomic E-state index is 0.0386. The summed E-state index contributed by atoms with van der Waals surface area (Å²) in [5, 5.41) is 3.13. The highest BCUT2D eigenvalue weighted by molar-refractivity contribution is 7.90. The molecule has 1 aliphatic heterocycles. The van der Waals surface area contributed by atoms with Gasteiger partial charge in [0.05, 0.1) is 5.56 Å². The van der Waals surface area contributed by atoms with Gasteiger partial charge in [-0.3, -0.25) is 14.4 Å². The fourth-order valence-electron chi connectivity index (χ4n) is 5.53. The zero-order valence-corrected chi connectivity index (χ0v) is 23.3. The number of nitrogens with zero attached hydrogens (tertiary/aromatic N) is 2. The van der Waals surface area contributed by atoms with Crippen LogP contribution in [0.2, 0.25) is 0 Å². The largest absolute Gasteiger partial charge is 0.352 e. The van der Waals surface area contributed by atoms with Crippen molar-refractivity contribution in [2.24, 2.45) is 0 Å². The van der Waals surface area contributed by atoms with E-state index in [-0.39, 0.29) is 35.4 Å². The Hall–Kier alpha value is -3.98. The summed E-state index contributed by atoms with van der Waals surface area (Å²) in [6.45, 7) is 1.34. The number of sulfonamides is 1. The Labute approximate surface area is 235 Å². The van der Waals surface area contributed by atoms with Crippen molar-refractivity contribution in [2.75, 3.05) is 6.54 Å². The summed E-state index contributed by atoms with van der Waals surface area (Å²) in [5.74, 6) is -1.64. The number of fused-ring (bicyclic) bond motifs is 1. The molecule has 3 aromatic carbocycles. The normalized spacial score (nSPS) is 16.9. The zero-order chi connectivity index (χ0) is 28.3. The Morgan fingerprint density at radius 1 is 0.950 bits per heavy atom. The molecule has 0 radical (unpaired) electrons. The first-order valence-electron chi connectivity index (χ1n) is 13.6. The number of rotatable bonds is 9. The molecule has 0 spiro atoms. The highest BCUT2D eigenvalue weighted by Gasteiger charge is 2.43. The molecule has 5 rings (SSSR count). The molecule has 1 unspecified atom stereocenters. The molecule has 1 fully saturated rings. The van der Waals surface area contributed by atoms with E-state index in [4.69, 9.17) is 0 Å². The van der Waals surface area contributed by atoms with Crippen LogP contribution in [0.15, 0.2) is 83.8 Å². The van der Waals surface area contributed by atoms with Crippen molar-refractivity contribution in [1.29, 1.82) is 0 Å². The van der Waals surface area contributed by atoms with Crippen LogP contribution in [-0.4, -0.2) is 54.0 Å². The van der Waals surface area contributed by atoms with Gasteiger partial charge in [0, 0.05) is 19.0 Å². The predicted octanol–water partition coefficient (Wildman–Crippen LogP) is 3.84. The van der Waals surface area contributed by atoms with Crippen LogP contribution in [0.4, 0.5) is 0 Å². The van der Waals surface area contributed by atoms with Crippen molar-refractivity contribution in [3.63, 3.8) is 0 Å². The van der Waals surface area contributed by atoms with Gasteiger partial charge in [-0.2, -0.15) is 0 Å². The summed E-state index contributed by atoms with van der Waals surface area (Å²) in [7, 11) is -4.19. The number of aryl methyl sites for hydroxylation is 1. The average Bonchev–Trinajstić information content (AvgIpc) is 3.52. The highest BCUT2D eigenvalue weighted by atomic mass is 32.2. The smallest absolute Gasteiger partial charge is 0.269 e. The lowest BCUT2D eigenvalue weighted by molar-refractivity contribution is -0.141. The van der Waals surface area contributed by atoms with Gasteiger partial charge < -0.3 is 10.2 Å². The number of amides is 3. The maximum absolute atomic E-state index is 14.0. The summed E-state index contributed by atoms with van der Waals surface area (Å²) in [4.78, 5) is 42.3. The third-order valence-corrected chi connectivity index (χ3v) is 9.39. The molecule has 1 aliphatic carbocycles. The second-order valence-corrected chi connectivity index (χ2v) is 12.3. The molecule has 208 valence electrons. The Kier molecular flexibility index (Phi) is 8.02. The van der Waals surface area contributed by atoms with Crippen LogP contribution in [0.3, 0.4) is 0 Å². The van der Waals surface area contributed by atoms with E-state index in [1.807, 2.05) is 61.5 Å². The maximum atomic E-state index is 14.0. The molecule has 1 atom stereocenters. The summed E-state index contributed by atoms with van der Waals surface area (Å²) in [5.41, 5.74) is 2.71. The minimum atomic E-state index is -4.19. The maximum Gasteiger partial charge on any atom is 0.269 e. The van der Waals surface area contributed by atoms with Crippen LogP contribution < -0.4 is 5.32 Å². The third kappa shape index (κ3) is 5.79. The number of hydrogen-bond acceptors (Lipinski definition) is 5. The number of hydrogen-bond donors (Lipinski definition) is 1. The van der Waals surface area contributed by atoms with E-state index in [0.717, 1.165) is 42.4 Å². The summed E-state index contributed by atoms with van der Waals surface area (Å²) < 4.78 is 27.1. The topological polar surface area (TPSA) is 104 Å². The molecule has 0 saturated heterocycles. The fourth-order valence-corrected chi connectivity index (χ4v) is 7.05. The molecule has 0 bridgehead atoms. The predicted molar refractivity (Wildman–Crippen MR) is 151 cm³/mol. The van der Waals surface area contributed by atoms with Gasteiger partial charge in [-0.25, -0.2) is 12.7 Å². The molecular formula is C31H33N3O5S. The first-order valence-corrected chi connectivity index (χ1v) is 15.0. The lowest BCUT2D eigenvalue weighted by Crippen LogP contribution is -2.54. The fraction of sp³-hybridized carbons (Fsp3) is 0.323. The minimum Gasteiger partial charge on any atom is -0.352 e. The van der Waals surface area contributed by atoms with Crippen molar-refractivity contribution >= 4 is 27.7 Å². The Morgan fingerprint density at radius 3 is 2.33 bits per heavy atom. The van der Waals surface area contributed by atoms with Gasteiger partial charge in [0.1, 0.15) is 17.5 Å². The van der Waals surface area contributed by atoms with Gasteiger partial charge in [-0.15, -0.1) is 0 Å². The molecular weight excluding hydrogens is 526 g/mol. The van der Waals surface area contributed by atoms with Crippen LogP contribution >= 0.6 is 0 Å². The van der Waals surface area contributed by atoms with Crippen molar-refractivity contribution in [3.8, 4) is 0 Å². The number of benzene rings is 3. The van der Waals surface area contributed by atoms with Gasteiger partial charge in [0.15, 0.2) is 0 Å². The number of nitrogens with one attached hydrogen (secondary N) is 1. The summed E-state index contributed by atoms with van der Waals surface area (Å²) >= 11 is 0. The first kappa shape index (κ1) is 27.6. The van der Waals surface area contributed by atoms with E-state index in [1.165, 1.54) is 17.0 Å². The van der Waals surface area contributed by atoms with Gasteiger partial charge in [-0.05, 0) is 43.0 Å². The monoisotopic (exact) mass is 559 g/mol. The van der Waals surface area contributed by atoms with E-state index in [0.29, 0.717) is 4.31 Å². The van der Waals surface area contributed by atoms with Crippen molar-refractivity contribution < 1.29 is 22.8 Å². The number of carbonyl (C=O) groups excluding carboxylic acids is 3. The van der Waals surface area contributed by atoms with Crippen LogP contribution in [0.1, 0.15) is 52.7 Å². The van der Waals surface area contributed by atoms with E-state index >= 15 is 0 Å². The molecule has 9 heteroatoms. The van der Waals surface area contributed by atoms with Gasteiger partial charge in [0.25, 0.3) is 15.9 Å². The summed E-state index contributed by atoms with van der Waals surface area (Å²) in [6, 6.07) is 22.1. The van der Waals surface area contributed by atoms with E-state index < -0.39 is 34.4 Å². The Morgan fingerprint density at radius 2 is 1.62 bits per heavy atom. The first-order chi connectivity index (χ1) is 19.2. The van der Waals surface area contributed by atoms with E-state index in [2.05, 4.69) is 5.32 Å². The molecule has 3 amide bonds. The molecule has 3 aromatic rings. The Bertz CT molecular complexity index is 1520. The highest BCUT2D eigenvalue weighted by Crippen LogP contribution is 2.30. The molecule has 1 heterocycles. The SMILES string of the molecule is Cc1cccc(CN(C(=O)CN2C(=O)c3ccccc3S2(=O)=O)C(Cc2ccccc2)C(=O)NC2CCCC2)c1. The molecule has 0 aromatic heterocycles. The lowest BCUT2D eigenvalue weighted by atomic mass is 10.0. The molecule has 1 saturated carbocycles. The van der Waals surface area contributed by atoms with Crippen molar-refractivity contribution in [2.45, 2.75) is 62.6 Å². The Balaban J connectivity index is 1.50. The molecule has 1 N–H and O–H groups in total. The second-order valence-electron chi connectivity index (χ2n) is 10.5.